The van der Waals surface area contributed by atoms with Crippen molar-refractivity contribution in [3.05, 3.63) is 52.4 Å². The summed E-state index contributed by atoms with van der Waals surface area (Å²) in [5.41, 5.74) is 2.32. The summed E-state index contributed by atoms with van der Waals surface area (Å²) in [6.45, 7) is 7.14. The zero-order chi connectivity index (χ0) is 18.4. The van der Waals surface area contributed by atoms with E-state index in [-0.39, 0.29) is 18.0 Å². The van der Waals surface area contributed by atoms with Crippen molar-refractivity contribution >= 4 is 11.8 Å². The smallest absolute Gasteiger partial charge is 0.343 e. The van der Waals surface area contributed by atoms with Gasteiger partial charge in [0, 0.05) is 0 Å². The molecule has 0 aliphatic carbocycles. The molecule has 1 aromatic rings. The molecule has 3 aliphatic heterocycles. The second kappa shape index (κ2) is 6.20. The van der Waals surface area contributed by atoms with Crippen LogP contribution in [0, 0.1) is 0 Å². The van der Waals surface area contributed by atoms with Gasteiger partial charge in [0.25, 0.3) is 0 Å². The highest BCUT2D eigenvalue weighted by Gasteiger charge is 2.44. The lowest BCUT2D eigenvalue weighted by molar-refractivity contribution is -0.138. The second-order valence-electron chi connectivity index (χ2n) is 6.79. The van der Waals surface area contributed by atoms with Crippen molar-refractivity contribution in [1.82, 2.24) is 4.90 Å². The minimum atomic E-state index is -0.574. The summed E-state index contributed by atoms with van der Waals surface area (Å²) in [5.74, 6) is 0.681. The highest BCUT2D eigenvalue weighted by atomic mass is 16.6. The molecule has 1 saturated heterocycles. The van der Waals surface area contributed by atoms with Gasteiger partial charge in [-0.1, -0.05) is 19.9 Å². The first kappa shape index (κ1) is 16.7. The lowest BCUT2D eigenvalue weighted by atomic mass is 9.91. The van der Waals surface area contributed by atoms with E-state index in [1.807, 2.05) is 23.1 Å². The van der Waals surface area contributed by atoms with Crippen molar-refractivity contribution in [3.8, 4) is 5.75 Å². The van der Waals surface area contributed by atoms with Crippen molar-refractivity contribution in [2.75, 3.05) is 19.8 Å². The number of nitrogens with zero attached hydrogens (tertiary/aromatic N) is 1. The van der Waals surface area contributed by atoms with E-state index in [9.17, 15) is 9.59 Å². The van der Waals surface area contributed by atoms with Gasteiger partial charge in [-0.15, -0.1) is 0 Å². The fourth-order valence-electron chi connectivity index (χ4n) is 3.46. The zero-order valence-electron chi connectivity index (χ0n) is 15.1. The van der Waals surface area contributed by atoms with Gasteiger partial charge in [0.1, 0.15) is 17.9 Å². The number of ketones is 1. The van der Waals surface area contributed by atoms with E-state index in [0.717, 1.165) is 5.56 Å². The van der Waals surface area contributed by atoms with Crippen LogP contribution in [-0.4, -0.2) is 42.6 Å². The van der Waals surface area contributed by atoms with Gasteiger partial charge in [-0.05, 0) is 36.6 Å². The third kappa shape index (κ3) is 2.48. The molecule has 0 N–H and O–H groups in total. The molecule has 1 atom stereocenters. The van der Waals surface area contributed by atoms with E-state index in [1.54, 1.807) is 13.0 Å². The maximum atomic E-state index is 13.1. The maximum absolute atomic E-state index is 13.1. The number of carbonyl (C=O) groups is 2. The SMILES string of the molecule is CCOC(=O)C1=C2OCCN2C2Oc3ccc(C(C)C)cc3C(=O)C2=C1. The van der Waals surface area contributed by atoms with Crippen LogP contribution in [0.1, 0.15) is 42.6 Å². The monoisotopic (exact) mass is 355 g/mol. The lowest BCUT2D eigenvalue weighted by Gasteiger charge is -2.37. The van der Waals surface area contributed by atoms with Crippen molar-refractivity contribution in [2.45, 2.75) is 32.9 Å². The normalized spacial score (nSPS) is 20.8. The summed E-state index contributed by atoms with van der Waals surface area (Å²) in [6, 6.07) is 5.71. The number of ether oxygens (including phenoxy) is 3. The summed E-state index contributed by atoms with van der Waals surface area (Å²) < 4.78 is 16.9. The summed E-state index contributed by atoms with van der Waals surface area (Å²) in [5, 5.41) is 0. The van der Waals surface area contributed by atoms with Crippen LogP contribution in [0.2, 0.25) is 0 Å². The summed E-state index contributed by atoms with van der Waals surface area (Å²) in [4.78, 5) is 27.3. The number of fused-ring (bicyclic) bond motifs is 4. The molecule has 3 heterocycles. The van der Waals surface area contributed by atoms with Crippen LogP contribution in [0.15, 0.2) is 41.3 Å². The Hall–Kier alpha value is -2.76. The van der Waals surface area contributed by atoms with E-state index in [0.29, 0.717) is 41.8 Å². The Morgan fingerprint density at radius 2 is 2.19 bits per heavy atom. The lowest BCUT2D eigenvalue weighted by Crippen LogP contribution is -2.46. The Bertz CT molecular complexity index is 852. The third-order valence-corrected chi connectivity index (χ3v) is 4.82. The largest absolute Gasteiger partial charge is 0.476 e. The molecule has 0 aromatic heterocycles. The predicted molar refractivity (Wildman–Crippen MR) is 93.7 cm³/mol. The molecule has 1 fully saturated rings. The first-order valence-corrected chi connectivity index (χ1v) is 8.89. The first-order valence-electron chi connectivity index (χ1n) is 8.89. The molecule has 0 bridgehead atoms. The number of benzene rings is 1. The Labute approximate surface area is 152 Å². The Morgan fingerprint density at radius 1 is 1.38 bits per heavy atom. The molecule has 1 aromatic carbocycles. The van der Waals surface area contributed by atoms with Crippen LogP contribution in [0.25, 0.3) is 0 Å². The van der Waals surface area contributed by atoms with Crippen LogP contribution in [0.4, 0.5) is 0 Å². The molecule has 6 heteroatoms. The molecule has 3 aliphatic rings. The van der Waals surface area contributed by atoms with Crippen LogP contribution in [-0.2, 0) is 14.3 Å². The highest BCUT2D eigenvalue weighted by molar-refractivity contribution is 6.13. The summed E-state index contributed by atoms with van der Waals surface area (Å²) in [7, 11) is 0. The number of esters is 1. The van der Waals surface area contributed by atoms with Gasteiger partial charge in [0.15, 0.2) is 5.78 Å². The molecule has 136 valence electrons. The van der Waals surface area contributed by atoms with E-state index in [4.69, 9.17) is 14.2 Å². The standard InChI is InChI=1S/C20H21NO5/c1-4-24-20(23)15-10-14-17(22)13-9-12(11(2)3)5-6-16(13)26-19(14)21-7-8-25-18(15)21/h5-6,9-11,19H,4,7-8H2,1-3H3. The minimum absolute atomic E-state index is 0.119. The maximum Gasteiger partial charge on any atom is 0.343 e. The highest BCUT2D eigenvalue weighted by Crippen LogP contribution is 2.40. The molecule has 0 amide bonds. The molecule has 6 nitrogen and oxygen atoms in total. The van der Waals surface area contributed by atoms with Gasteiger partial charge in [0.05, 0.1) is 24.3 Å². The average molecular weight is 355 g/mol. The predicted octanol–water partition coefficient (Wildman–Crippen LogP) is 2.76. The van der Waals surface area contributed by atoms with E-state index in [1.165, 1.54) is 0 Å². The molecule has 4 rings (SSSR count). The summed E-state index contributed by atoms with van der Waals surface area (Å²) >= 11 is 0. The van der Waals surface area contributed by atoms with Crippen LogP contribution >= 0.6 is 0 Å². The number of hydrogen-bond acceptors (Lipinski definition) is 6. The molecular formula is C20H21NO5. The summed E-state index contributed by atoms with van der Waals surface area (Å²) in [6.07, 6.45) is 0.989. The van der Waals surface area contributed by atoms with Gasteiger partial charge in [0.2, 0.25) is 12.1 Å². The Kier molecular flexibility index (Phi) is 3.98. The quantitative estimate of drug-likeness (QED) is 0.777. The van der Waals surface area contributed by atoms with Gasteiger partial charge in [-0.3, -0.25) is 9.69 Å². The Morgan fingerprint density at radius 3 is 2.92 bits per heavy atom. The molecule has 0 radical (unpaired) electrons. The molecule has 1 unspecified atom stereocenters. The number of rotatable bonds is 3. The fourth-order valence-corrected chi connectivity index (χ4v) is 3.46. The van der Waals surface area contributed by atoms with Crippen molar-refractivity contribution in [3.63, 3.8) is 0 Å². The van der Waals surface area contributed by atoms with Crippen molar-refractivity contribution in [1.29, 1.82) is 0 Å². The Balaban J connectivity index is 1.79. The minimum Gasteiger partial charge on any atom is -0.476 e. The van der Waals surface area contributed by atoms with Crippen molar-refractivity contribution < 1.29 is 23.8 Å². The van der Waals surface area contributed by atoms with Gasteiger partial charge >= 0.3 is 5.97 Å². The van der Waals surface area contributed by atoms with E-state index in [2.05, 4.69) is 13.8 Å². The molecule has 0 saturated carbocycles. The number of hydrogen-bond donors (Lipinski definition) is 0. The van der Waals surface area contributed by atoms with Crippen molar-refractivity contribution in [2.24, 2.45) is 0 Å². The molecule has 0 spiro atoms. The van der Waals surface area contributed by atoms with Crippen LogP contribution in [0.5, 0.6) is 5.75 Å². The third-order valence-electron chi connectivity index (χ3n) is 4.82. The van der Waals surface area contributed by atoms with Crippen LogP contribution < -0.4 is 4.74 Å². The van der Waals surface area contributed by atoms with Crippen LogP contribution in [0.3, 0.4) is 0 Å². The second-order valence-corrected chi connectivity index (χ2v) is 6.79. The van der Waals surface area contributed by atoms with Gasteiger partial charge in [-0.25, -0.2) is 4.79 Å². The van der Waals surface area contributed by atoms with E-state index >= 15 is 0 Å². The topological polar surface area (TPSA) is 65.1 Å². The first-order chi connectivity index (χ1) is 12.5. The molecular weight excluding hydrogens is 334 g/mol. The van der Waals surface area contributed by atoms with E-state index < -0.39 is 12.2 Å². The average Bonchev–Trinajstić information content (AvgIpc) is 3.11. The van der Waals surface area contributed by atoms with Gasteiger partial charge < -0.3 is 14.2 Å². The zero-order valence-corrected chi connectivity index (χ0v) is 15.1. The number of carbonyl (C=O) groups excluding carboxylic acids is 2. The molecule has 26 heavy (non-hydrogen) atoms. The number of Topliss-reactive ketones (excluding diaryl/α,β-unsaturated/α-hetero) is 1. The van der Waals surface area contributed by atoms with Gasteiger partial charge in [-0.2, -0.15) is 0 Å². The fraction of sp³-hybridized carbons (Fsp3) is 0.400.